The van der Waals surface area contributed by atoms with E-state index in [4.69, 9.17) is 0 Å². The number of nitrogens with zero attached hydrogens (tertiary/aromatic N) is 1. The molecule has 5 heteroatoms. The fraction of sp³-hybridized carbons (Fsp3) is 0.500. The lowest BCUT2D eigenvalue weighted by Gasteiger charge is -2.35. The summed E-state index contributed by atoms with van der Waals surface area (Å²) in [5, 5.41) is 6.10. The van der Waals surface area contributed by atoms with Crippen molar-refractivity contribution in [2.24, 2.45) is 0 Å². The maximum atomic E-state index is 12.9. The second kappa shape index (κ2) is 6.63. The van der Waals surface area contributed by atoms with Gasteiger partial charge in [0.25, 0.3) is 0 Å². The third kappa shape index (κ3) is 3.75. The van der Waals surface area contributed by atoms with E-state index in [2.05, 4.69) is 15.5 Å². The highest BCUT2D eigenvalue weighted by molar-refractivity contribution is 5.82. The molecule has 1 aliphatic heterocycles. The van der Waals surface area contributed by atoms with Crippen molar-refractivity contribution in [1.82, 2.24) is 15.5 Å². The molecule has 0 saturated carbocycles. The number of piperazine rings is 1. The highest BCUT2D eigenvalue weighted by atomic mass is 19.1. The first-order chi connectivity index (χ1) is 9.20. The van der Waals surface area contributed by atoms with Crippen molar-refractivity contribution in [1.29, 1.82) is 0 Å². The number of carbonyl (C=O) groups is 1. The molecule has 0 radical (unpaired) electrons. The highest BCUT2D eigenvalue weighted by Crippen LogP contribution is 2.11. The second-order valence-corrected chi connectivity index (χ2v) is 4.71. The molecule has 0 aromatic heterocycles. The molecule has 1 heterocycles. The molecule has 0 bridgehead atoms. The zero-order chi connectivity index (χ0) is 13.7. The molecule has 0 aliphatic carbocycles. The van der Waals surface area contributed by atoms with Crippen molar-refractivity contribution < 1.29 is 9.18 Å². The Bertz CT molecular complexity index is 421. The molecule has 1 unspecified atom stereocenters. The summed E-state index contributed by atoms with van der Waals surface area (Å²) < 4.78 is 12.9. The molecular weight excluding hydrogens is 245 g/mol. The Hall–Kier alpha value is -1.46. The van der Waals surface area contributed by atoms with Gasteiger partial charge in [0.15, 0.2) is 0 Å². The summed E-state index contributed by atoms with van der Waals surface area (Å²) in [5.41, 5.74) is 1.03. The van der Waals surface area contributed by atoms with E-state index in [1.165, 1.54) is 12.1 Å². The zero-order valence-corrected chi connectivity index (χ0v) is 11.2. The van der Waals surface area contributed by atoms with E-state index in [-0.39, 0.29) is 17.8 Å². The normalized spacial score (nSPS) is 20.2. The van der Waals surface area contributed by atoms with E-state index < -0.39 is 0 Å². The van der Waals surface area contributed by atoms with Crippen LogP contribution in [0.25, 0.3) is 0 Å². The number of hydrogen-bond donors (Lipinski definition) is 2. The van der Waals surface area contributed by atoms with Gasteiger partial charge < -0.3 is 10.6 Å². The number of likely N-dealkylation sites (N-methyl/N-ethyl adjacent to an activating group) is 1. The third-order valence-electron chi connectivity index (χ3n) is 3.31. The monoisotopic (exact) mass is 265 g/mol. The van der Waals surface area contributed by atoms with Gasteiger partial charge in [-0.3, -0.25) is 9.69 Å². The van der Waals surface area contributed by atoms with E-state index in [0.717, 1.165) is 18.7 Å². The molecule has 1 atom stereocenters. The number of hydrogen-bond acceptors (Lipinski definition) is 3. The van der Waals surface area contributed by atoms with Crippen molar-refractivity contribution in [3.63, 3.8) is 0 Å². The molecular formula is C14H20FN3O. The van der Waals surface area contributed by atoms with Crippen LogP contribution < -0.4 is 10.6 Å². The summed E-state index contributed by atoms with van der Waals surface area (Å²) in [6.45, 7) is 5.57. The second-order valence-electron chi connectivity index (χ2n) is 4.71. The van der Waals surface area contributed by atoms with Crippen LogP contribution in [-0.4, -0.2) is 43.0 Å². The number of amides is 1. The Morgan fingerprint density at radius 2 is 2.21 bits per heavy atom. The van der Waals surface area contributed by atoms with Crippen LogP contribution in [-0.2, 0) is 11.3 Å². The van der Waals surface area contributed by atoms with Crippen LogP contribution in [0.3, 0.4) is 0 Å². The van der Waals surface area contributed by atoms with Crippen molar-refractivity contribution in [3.05, 3.63) is 35.6 Å². The predicted molar refractivity (Wildman–Crippen MR) is 72.2 cm³/mol. The fourth-order valence-electron chi connectivity index (χ4n) is 2.31. The van der Waals surface area contributed by atoms with Crippen LogP contribution in [0.4, 0.5) is 4.39 Å². The third-order valence-corrected chi connectivity index (χ3v) is 3.31. The summed E-state index contributed by atoms with van der Waals surface area (Å²) >= 11 is 0. The van der Waals surface area contributed by atoms with Crippen LogP contribution in [0.15, 0.2) is 24.3 Å². The maximum Gasteiger partial charge on any atom is 0.238 e. The van der Waals surface area contributed by atoms with Gasteiger partial charge in [0.2, 0.25) is 5.91 Å². The number of nitrogens with one attached hydrogen (secondary N) is 2. The van der Waals surface area contributed by atoms with Gasteiger partial charge in [-0.25, -0.2) is 4.39 Å². The molecule has 1 aromatic carbocycles. The van der Waals surface area contributed by atoms with E-state index in [1.54, 1.807) is 12.1 Å². The van der Waals surface area contributed by atoms with Gasteiger partial charge in [0.05, 0.1) is 0 Å². The van der Waals surface area contributed by atoms with Crippen molar-refractivity contribution >= 4 is 5.91 Å². The number of carbonyl (C=O) groups excluding carboxylic acids is 1. The molecule has 1 amide bonds. The Morgan fingerprint density at radius 1 is 1.47 bits per heavy atom. The standard InChI is InChI=1S/C14H20FN3O/c1-2-17-14(19)13-9-16-7-8-18(13)10-11-3-5-12(15)6-4-11/h3-6,13,16H,2,7-10H2,1H3,(H,17,19). The Labute approximate surface area is 113 Å². The maximum absolute atomic E-state index is 12.9. The largest absolute Gasteiger partial charge is 0.355 e. The topological polar surface area (TPSA) is 44.4 Å². The fourth-order valence-corrected chi connectivity index (χ4v) is 2.31. The van der Waals surface area contributed by atoms with Crippen molar-refractivity contribution in [2.45, 2.75) is 19.5 Å². The number of benzene rings is 1. The average molecular weight is 265 g/mol. The van der Waals surface area contributed by atoms with Crippen LogP contribution in [0, 0.1) is 5.82 Å². The van der Waals surface area contributed by atoms with Crippen LogP contribution in [0.5, 0.6) is 0 Å². The van der Waals surface area contributed by atoms with E-state index in [1.807, 2.05) is 6.92 Å². The Morgan fingerprint density at radius 3 is 2.89 bits per heavy atom. The van der Waals surface area contributed by atoms with Gasteiger partial charge in [0.1, 0.15) is 11.9 Å². The summed E-state index contributed by atoms with van der Waals surface area (Å²) in [7, 11) is 0. The minimum Gasteiger partial charge on any atom is -0.355 e. The first kappa shape index (κ1) is 14.0. The predicted octanol–water partition coefficient (Wildman–Crippen LogP) is 0.736. The summed E-state index contributed by atoms with van der Waals surface area (Å²) in [5.74, 6) is -0.179. The number of rotatable bonds is 4. The van der Waals surface area contributed by atoms with Crippen LogP contribution >= 0.6 is 0 Å². The van der Waals surface area contributed by atoms with E-state index >= 15 is 0 Å². The molecule has 104 valence electrons. The molecule has 4 nitrogen and oxygen atoms in total. The van der Waals surface area contributed by atoms with Gasteiger partial charge >= 0.3 is 0 Å². The molecule has 1 fully saturated rings. The van der Waals surface area contributed by atoms with Gasteiger partial charge in [-0.2, -0.15) is 0 Å². The smallest absolute Gasteiger partial charge is 0.238 e. The van der Waals surface area contributed by atoms with Crippen molar-refractivity contribution in [2.75, 3.05) is 26.2 Å². The zero-order valence-electron chi connectivity index (χ0n) is 11.2. The molecule has 1 aromatic rings. The Kier molecular flexibility index (Phi) is 4.87. The van der Waals surface area contributed by atoms with E-state index in [9.17, 15) is 9.18 Å². The highest BCUT2D eigenvalue weighted by Gasteiger charge is 2.27. The van der Waals surface area contributed by atoms with Crippen LogP contribution in [0.2, 0.25) is 0 Å². The first-order valence-corrected chi connectivity index (χ1v) is 6.67. The number of halogens is 1. The molecule has 1 saturated heterocycles. The van der Waals surface area contributed by atoms with Gasteiger partial charge in [0, 0.05) is 32.7 Å². The molecule has 2 rings (SSSR count). The lowest BCUT2D eigenvalue weighted by Crippen LogP contribution is -2.57. The summed E-state index contributed by atoms with van der Waals surface area (Å²) in [4.78, 5) is 14.1. The Balaban J connectivity index is 2.03. The SMILES string of the molecule is CCNC(=O)C1CNCCN1Cc1ccc(F)cc1. The molecule has 2 N–H and O–H groups in total. The van der Waals surface area contributed by atoms with Crippen LogP contribution in [0.1, 0.15) is 12.5 Å². The van der Waals surface area contributed by atoms with Gasteiger partial charge in [-0.05, 0) is 24.6 Å². The minimum atomic E-state index is -0.232. The van der Waals surface area contributed by atoms with Crippen molar-refractivity contribution in [3.8, 4) is 0 Å². The lowest BCUT2D eigenvalue weighted by atomic mass is 10.1. The quantitative estimate of drug-likeness (QED) is 0.844. The summed E-state index contributed by atoms with van der Waals surface area (Å²) in [6.07, 6.45) is 0. The minimum absolute atomic E-state index is 0.0526. The summed E-state index contributed by atoms with van der Waals surface area (Å²) in [6, 6.07) is 6.30. The van der Waals surface area contributed by atoms with Gasteiger partial charge in [-0.1, -0.05) is 12.1 Å². The lowest BCUT2D eigenvalue weighted by molar-refractivity contribution is -0.127. The first-order valence-electron chi connectivity index (χ1n) is 6.67. The molecule has 1 aliphatic rings. The van der Waals surface area contributed by atoms with Gasteiger partial charge in [-0.15, -0.1) is 0 Å². The van der Waals surface area contributed by atoms with E-state index in [0.29, 0.717) is 19.6 Å². The average Bonchev–Trinajstić information content (AvgIpc) is 2.42. The molecule has 0 spiro atoms. The molecule has 19 heavy (non-hydrogen) atoms.